The number of anilines is 2. The number of benzene rings is 4. The van der Waals surface area contributed by atoms with E-state index in [0.29, 0.717) is 18.4 Å². The molecule has 0 aromatic heterocycles. The second kappa shape index (κ2) is 11.0. The van der Waals surface area contributed by atoms with E-state index >= 15 is 0 Å². The smallest absolute Gasteiger partial charge is 0.225 e. The fourth-order valence-corrected chi connectivity index (χ4v) is 7.40. The molecule has 42 heavy (non-hydrogen) atoms. The van der Waals surface area contributed by atoms with Crippen molar-refractivity contribution in [2.75, 3.05) is 10.6 Å². The normalized spacial score (nSPS) is 19.9. The molecule has 0 fully saturated rings. The van der Waals surface area contributed by atoms with Crippen LogP contribution >= 0.6 is 11.6 Å². The zero-order chi connectivity index (χ0) is 28.8. The molecule has 4 nitrogen and oxygen atoms in total. The lowest BCUT2D eigenvalue weighted by Gasteiger charge is -2.28. The van der Waals surface area contributed by atoms with Crippen molar-refractivity contribution in [1.29, 1.82) is 0 Å². The Morgan fingerprint density at radius 3 is 2.24 bits per heavy atom. The Morgan fingerprint density at radius 2 is 1.40 bits per heavy atom. The molecule has 2 aliphatic heterocycles. The summed E-state index contributed by atoms with van der Waals surface area (Å²) in [5, 5.41) is 6.77. The number of fused-ring (bicyclic) bond motifs is 5. The third-order valence-corrected chi connectivity index (χ3v) is 9.41. The van der Waals surface area contributed by atoms with Crippen molar-refractivity contribution >= 4 is 34.8 Å². The van der Waals surface area contributed by atoms with Gasteiger partial charge in [0.15, 0.2) is 0 Å². The minimum atomic E-state index is -0.233. The second-order valence-corrected chi connectivity index (χ2v) is 12.2. The number of amides is 2. The van der Waals surface area contributed by atoms with E-state index in [4.69, 9.17) is 11.6 Å². The predicted molar refractivity (Wildman–Crippen MR) is 165 cm³/mol. The third kappa shape index (κ3) is 5.00. The van der Waals surface area contributed by atoms with Gasteiger partial charge in [-0.25, -0.2) is 4.39 Å². The fraction of sp³-hybridized carbons (Fsp3) is 0.278. The van der Waals surface area contributed by atoms with Crippen LogP contribution in [-0.2, 0) is 35.3 Å². The lowest BCUT2D eigenvalue weighted by Crippen LogP contribution is -2.24. The molecule has 0 radical (unpaired) electrons. The Kier molecular flexibility index (Phi) is 7.07. The van der Waals surface area contributed by atoms with E-state index in [0.717, 1.165) is 59.6 Å². The standard InChI is InChI=1S/C18H16ClNO.C18H16FNO/c19-13-5-1-4-12(9-13)16-10-17(21)20-18-14-6-2-3-11(14)7-8-15(16)18;19-16-7-2-1-6-13(16)14-10-18(21)20-17-9-12-5-3-4-11(12)8-15(14)17/h1,4-5,7-9,16H,2-3,6,10H2,(H,20,21);1-2,6-9,14H,3-5,10H2,(H,20,21). The maximum atomic E-state index is 14.1. The average Bonchev–Trinajstić information content (AvgIpc) is 3.65. The first kappa shape index (κ1) is 26.9. The van der Waals surface area contributed by atoms with E-state index in [2.05, 4.69) is 41.0 Å². The first-order chi connectivity index (χ1) is 20.4. The van der Waals surface area contributed by atoms with E-state index in [-0.39, 0.29) is 29.5 Å². The van der Waals surface area contributed by atoms with Crippen LogP contribution in [0.1, 0.15) is 82.0 Å². The molecule has 0 spiro atoms. The monoisotopic (exact) mass is 578 g/mol. The van der Waals surface area contributed by atoms with E-state index in [1.165, 1.54) is 40.3 Å². The van der Waals surface area contributed by atoms with Crippen LogP contribution < -0.4 is 10.6 Å². The molecule has 0 bridgehead atoms. The Hall–Kier alpha value is -3.96. The van der Waals surface area contributed by atoms with Gasteiger partial charge in [0.05, 0.1) is 0 Å². The largest absolute Gasteiger partial charge is 0.326 e. The average molecular weight is 579 g/mol. The number of nitrogens with one attached hydrogen (secondary N) is 2. The Labute approximate surface area is 250 Å². The SMILES string of the molecule is O=C1CC(c2cccc(Cl)c2)c2ccc3c(c2N1)CCC3.O=C1CC(c2ccccc2F)c2cc3c(cc2N1)CCC3. The van der Waals surface area contributed by atoms with Gasteiger partial charge in [0.1, 0.15) is 5.82 Å². The molecule has 4 aliphatic rings. The molecule has 2 atom stereocenters. The summed E-state index contributed by atoms with van der Waals surface area (Å²) in [5.41, 5.74) is 11.4. The number of hydrogen-bond donors (Lipinski definition) is 2. The van der Waals surface area contributed by atoms with Crippen LogP contribution in [-0.4, -0.2) is 11.8 Å². The fourth-order valence-electron chi connectivity index (χ4n) is 7.20. The van der Waals surface area contributed by atoms with Gasteiger partial charge < -0.3 is 10.6 Å². The first-order valence-electron chi connectivity index (χ1n) is 14.8. The summed E-state index contributed by atoms with van der Waals surface area (Å²) in [4.78, 5) is 24.1. The molecular weight excluding hydrogens is 547 g/mol. The summed E-state index contributed by atoms with van der Waals surface area (Å²) in [6, 6.07) is 23.3. The molecule has 0 saturated heterocycles. The van der Waals surface area contributed by atoms with Gasteiger partial charge in [-0.1, -0.05) is 60.1 Å². The maximum absolute atomic E-state index is 14.1. The summed E-state index contributed by atoms with van der Waals surface area (Å²) >= 11 is 6.12. The topological polar surface area (TPSA) is 58.2 Å². The highest BCUT2D eigenvalue weighted by Gasteiger charge is 2.31. The van der Waals surface area contributed by atoms with E-state index < -0.39 is 0 Å². The molecule has 4 aromatic rings. The highest BCUT2D eigenvalue weighted by Crippen LogP contribution is 2.43. The van der Waals surface area contributed by atoms with Crippen molar-refractivity contribution in [3.63, 3.8) is 0 Å². The summed E-state index contributed by atoms with van der Waals surface area (Å²) < 4.78 is 14.1. The molecule has 212 valence electrons. The van der Waals surface area contributed by atoms with Gasteiger partial charge in [0.2, 0.25) is 11.8 Å². The van der Waals surface area contributed by atoms with E-state index in [1.54, 1.807) is 12.1 Å². The van der Waals surface area contributed by atoms with Crippen molar-refractivity contribution < 1.29 is 14.0 Å². The first-order valence-corrected chi connectivity index (χ1v) is 15.2. The molecular formula is C36H32ClFN2O2. The van der Waals surface area contributed by atoms with Crippen LogP contribution in [0.3, 0.4) is 0 Å². The number of carbonyl (C=O) groups excluding carboxylic acids is 2. The Morgan fingerprint density at radius 1 is 0.667 bits per heavy atom. The summed E-state index contributed by atoms with van der Waals surface area (Å²) in [5.74, 6) is -0.232. The quantitative estimate of drug-likeness (QED) is 0.252. The van der Waals surface area contributed by atoms with Crippen LogP contribution in [0, 0.1) is 5.82 Å². The van der Waals surface area contributed by atoms with Crippen LogP contribution in [0.15, 0.2) is 72.8 Å². The molecule has 2 N–H and O–H groups in total. The molecule has 2 amide bonds. The van der Waals surface area contributed by atoms with Gasteiger partial charge in [-0.05, 0) is 107 Å². The van der Waals surface area contributed by atoms with Gasteiger partial charge in [-0.3, -0.25) is 9.59 Å². The molecule has 2 heterocycles. The van der Waals surface area contributed by atoms with Gasteiger partial charge in [-0.2, -0.15) is 0 Å². The zero-order valence-electron chi connectivity index (χ0n) is 23.3. The van der Waals surface area contributed by atoms with Gasteiger partial charge in [0.25, 0.3) is 0 Å². The summed E-state index contributed by atoms with van der Waals surface area (Å²) in [6.45, 7) is 0. The van der Waals surface area contributed by atoms with Crippen molar-refractivity contribution in [2.45, 2.75) is 63.2 Å². The van der Waals surface area contributed by atoms with Crippen LogP contribution in [0.5, 0.6) is 0 Å². The number of carbonyl (C=O) groups is 2. The minimum Gasteiger partial charge on any atom is -0.326 e. The molecule has 6 heteroatoms. The lowest BCUT2D eigenvalue weighted by atomic mass is 9.83. The van der Waals surface area contributed by atoms with Crippen molar-refractivity contribution in [1.82, 2.24) is 0 Å². The number of halogens is 2. The zero-order valence-corrected chi connectivity index (χ0v) is 24.1. The summed E-state index contributed by atoms with van der Waals surface area (Å²) in [6.07, 6.45) is 7.50. The Bertz CT molecular complexity index is 1730. The highest BCUT2D eigenvalue weighted by atomic mass is 35.5. The predicted octanol–water partition coefficient (Wildman–Crippen LogP) is 8.09. The van der Waals surface area contributed by atoms with Gasteiger partial charge >= 0.3 is 0 Å². The minimum absolute atomic E-state index is 0.0336. The van der Waals surface area contributed by atoms with E-state index in [1.807, 2.05) is 24.3 Å². The highest BCUT2D eigenvalue weighted by molar-refractivity contribution is 6.30. The third-order valence-electron chi connectivity index (χ3n) is 9.18. The molecule has 2 aliphatic carbocycles. The van der Waals surface area contributed by atoms with Gasteiger partial charge in [0, 0.05) is 41.1 Å². The van der Waals surface area contributed by atoms with Crippen LogP contribution in [0.25, 0.3) is 0 Å². The second-order valence-electron chi connectivity index (χ2n) is 11.8. The van der Waals surface area contributed by atoms with Crippen molar-refractivity contribution in [3.05, 3.63) is 128 Å². The summed E-state index contributed by atoms with van der Waals surface area (Å²) in [7, 11) is 0. The number of rotatable bonds is 2. The number of hydrogen-bond acceptors (Lipinski definition) is 2. The maximum Gasteiger partial charge on any atom is 0.225 e. The molecule has 8 rings (SSSR count). The van der Waals surface area contributed by atoms with Crippen molar-refractivity contribution in [2.24, 2.45) is 0 Å². The Balaban J connectivity index is 0.000000137. The van der Waals surface area contributed by atoms with Gasteiger partial charge in [-0.15, -0.1) is 0 Å². The van der Waals surface area contributed by atoms with E-state index in [9.17, 15) is 14.0 Å². The lowest BCUT2D eigenvalue weighted by molar-refractivity contribution is -0.117. The number of aryl methyl sites for hydroxylation is 3. The molecule has 4 aromatic carbocycles. The van der Waals surface area contributed by atoms with Crippen LogP contribution in [0.4, 0.5) is 15.8 Å². The van der Waals surface area contributed by atoms with Crippen molar-refractivity contribution in [3.8, 4) is 0 Å². The van der Waals surface area contributed by atoms with Crippen LogP contribution in [0.2, 0.25) is 5.02 Å². The molecule has 2 unspecified atom stereocenters. The molecule has 0 saturated carbocycles.